The normalized spacial score (nSPS) is 12.2. The minimum absolute atomic E-state index is 0.172. The van der Waals surface area contributed by atoms with E-state index < -0.39 is 10.0 Å². The summed E-state index contributed by atoms with van der Waals surface area (Å²) in [5.41, 5.74) is 1.19. The summed E-state index contributed by atoms with van der Waals surface area (Å²) >= 11 is 3.34. The average molecular weight is 362 g/mol. The summed E-state index contributed by atoms with van der Waals surface area (Å²) in [7, 11) is -3.63. The number of hydrogen-bond donors (Lipinski definition) is 1. The van der Waals surface area contributed by atoms with Crippen molar-refractivity contribution in [3.63, 3.8) is 0 Å². The quantitative estimate of drug-likeness (QED) is 0.792. The molecule has 0 amide bonds. The zero-order valence-corrected chi connectivity index (χ0v) is 14.3. The van der Waals surface area contributed by atoms with Crippen LogP contribution < -0.4 is 0 Å². The molecule has 0 aliphatic rings. The Morgan fingerprint density at radius 1 is 1.45 bits per heavy atom. The lowest BCUT2D eigenvalue weighted by atomic mass is 10.2. The molecule has 0 heterocycles. The molecule has 1 rings (SSSR count). The second kappa shape index (κ2) is 6.85. The third-order valence-electron chi connectivity index (χ3n) is 3.01. The highest BCUT2D eigenvalue weighted by Crippen LogP contribution is 2.29. The molecule has 0 saturated heterocycles. The molecule has 0 aliphatic carbocycles. The molecule has 1 aromatic rings. The molecule has 1 N–H and O–H groups in total. The van der Waals surface area contributed by atoms with Gasteiger partial charge < -0.3 is 5.11 Å². The fraction of sp³-hybridized carbons (Fsp3) is 0.429. The topological polar surface area (TPSA) is 57.6 Å². The first-order chi connectivity index (χ1) is 9.25. The first-order valence-corrected chi connectivity index (χ1v) is 8.51. The number of hydrogen-bond acceptors (Lipinski definition) is 3. The minimum atomic E-state index is -3.63. The molecule has 4 nitrogen and oxygen atoms in total. The SMILES string of the molecule is C=CCN(C(C)C)S(=O)(=O)c1cc(CO)cc(Br)c1C. The van der Waals surface area contributed by atoms with Crippen LogP contribution in [0.3, 0.4) is 0 Å². The fourth-order valence-electron chi connectivity index (χ4n) is 1.91. The van der Waals surface area contributed by atoms with E-state index in [0.29, 0.717) is 15.6 Å². The van der Waals surface area contributed by atoms with Gasteiger partial charge in [-0.15, -0.1) is 6.58 Å². The Kier molecular flexibility index (Phi) is 5.94. The van der Waals surface area contributed by atoms with Gasteiger partial charge in [-0.3, -0.25) is 0 Å². The van der Waals surface area contributed by atoms with Crippen LogP contribution in [0, 0.1) is 6.92 Å². The Balaban J connectivity index is 3.48. The highest BCUT2D eigenvalue weighted by atomic mass is 79.9. The molecular weight excluding hydrogens is 342 g/mol. The van der Waals surface area contributed by atoms with E-state index in [2.05, 4.69) is 22.5 Å². The van der Waals surface area contributed by atoms with Crippen molar-refractivity contribution in [2.24, 2.45) is 0 Å². The summed E-state index contributed by atoms with van der Waals surface area (Å²) in [5, 5.41) is 9.25. The fourth-order valence-corrected chi connectivity index (χ4v) is 4.45. The van der Waals surface area contributed by atoms with E-state index in [1.165, 1.54) is 10.4 Å². The molecule has 0 aliphatic heterocycles. The highest BCUT2D eigenvalue weighted by Gasteiger charge is 2.28. The van der Waals surface area contributed by atoms with Crippen molar-refractivity contribution in [1.82, 2.24) is 4.31 Å². The van der Waals surface area contributed by atoms with E-state index in [0.717, 1.165) is 0 Å². The molecule has 1 aromatic carbocycles. The summed E-state index contributed by atoms with van der Waals surface area (Å²) < 4.78 is 27.6. The Morgan fingerprint density at radius 2 is 2.05 bits per heavy atom. The molecular formula is C14H20BrNO3S. The third-order valence-corrected chi connectivity index (χ3v) is 6.00. The Hall–Kier alpha value is -0.690. The van der Waals surface area contributed by atoms with Crippen LogP contribution in [-0.2, 0) is 16.6 Å². The Labute approximate surface area is 129 Å². The van der Waals surface area contributed by atoms with Gasteiger partial charge in [0.25, 0.3) is 0 Å². The summed E-state index contributed by atoms with van der Waals surface area (Å²) in [6.07, 6.45) is 1.57. The first kappa shape index (κ1) is 17.4. The number of aliphatic hydroxyl groups is 1. The third kappa shape index (κ3) is 3.49. The first-order valence-electron chi connectivity index (χ1n) is 6.28. The van der Waals surface area contributed by atoms with E-state index in [9.17, 15) is 13.5 Å². The average Bonchev–Trinajstić information content (AvgIpc) is 2.37. The number of nitrogens with zero attached hydrogens (tertiary/aromatic N) is 1. The van der Waals surface area contributed by atoms with Gasteiger partial charge in [0.15, 0.2) is 0 Å². The number of rotatable bonds is 6. The van der Waals surface area contributed by atoms with Crippen LogP contribution in [0.25, 0.3) is 0 Å². The lowest BCUT2D eigenvalue weighted by Crippen LogP contribution is -2.37. The molecule has 112 valence electrons. The predicted octanol–water partition coefficient (Wildman–Crippen LogP) is 2.83. The summed E-state index contributed by atoms with van der Waals surface area (Å²) in [6.45, 7) is 9.04. The summed E-state index contributed by atoms with van der Waals surface area (Å²) in [4.78, 5) is 0.214. The number of sulfonamides is 1. The van der Waals surface area contributed by atoms with Crippen molar-refractivity contribution in [3.05, 3.63) is 40.4 Å². The van der Waals surface area contributed by atoms with Gasteiger partial charge in [-0.05, 0) is 44.0 Å². The molecule has 6 heteroatoms. The van der Waals surface area contributed by atoms with Gasteiger partial charge in [-0.2, -0.15) is 4.31 Å². The Bertz CT molecular complexity index is 597. The second-order valence-electron chi connectivity index (χ2n) is 4.82. The standard InChI is InChI=1S/C14H20BrNO3S/c1-5-6-16(10(2)3)20(18,19)14-8-12(9-17)7-13(15)11(14)4/h5,7-8,10,17H,1,6,9H2,2-4H3. The zero-order valence-electron chi connectivity index (χ0n) is 11.9. The molecule has 0 unspecified atom stereocenters. The van der Waals surface area contributed by atoms with Gasteiger partial charge in [0.1, 0.15) is 0 Å². The van der Waals surface area contributed by atoms with Crippen molar-refractivity contribution < 1.29 is 13.5 Å². The molecule has 0 saturated carbocycles. The smallest absolute Gasteiger partial charge is 0.243 e. The molecule has 0 spiro atoms. The van der Waals surface area contributed by atoms with Crippen LogP contribution in [0.2, 0.25) is 0 Å². The van der Waals surface area contributed by atoms with Crippen molar-refractivity contribution >= 4 is 26.0 Å². The maximum absolute atomic E-state index is 12.8. The summed E-state index contributed by atoms with van der Waals surface area (Å²) in [6, 6.07) is 3.07. The van der Waals surface area contributed by atoms with Crippen molar-refractivity contribution in [2.75, 3.05) is 6.54 Å². The lowest BCUT2D eigenvalue weighted by molar-refractivity contribution is 0.281. The zero-order chi connectivity index (χ0) is 15.5. The predicted molar refractivity (Wildman–Crippen MR) is 84.0 cm³/mol. The number of benzene rings is 1. The van der Waals surface area contributed by atoms with Gasteiger partial charge in [-0.1, -0.05) is 22.0 Å². The van der Waals surface area contributed by atoms with E-state index in [4.69, 9.17) is 0 Å². The van der Waals surface area contributed by atoms with Crippen LogP contribution >= 0.6 is 15.9 Å². The largest absolute Gasteiger partial charge is 0.392 e. The van der Waals surface area contributed by atoms with Crippen LogP contribution in [0.4, 0.5) is 0 Å². The minimum Gasteiger partial charge on any atom is -0.392 e. The van der Waals surface area contributed by atoms with Gasteiger partial charge in [0, 0.05) is 17.1 Å². The monoisotopic (exact) mass is 361 g/mol. The van der Waals surface area contributed by atoms with Crippen molar-refractivity contribution in [1.29, 1.82) is 0 Å². The van der Waals surface area contributed by atoms with Crippen LogP contribution in [0.5, 0.6) is 0 Å². The van der Waals surface area contributed by atoms with Crippen LogP contribution in [0.15, 0.2) is 34.2 Å². The maximum Gasteiger partial charge on any atom is 0.243 e. The van der Waals surface area contributed by atoms with Gasteiger partial charge in [0.2, 0.25) is 10.0 Å². The van der Waals surface area contributed by atoms with Crippen molar-refractivity contribution in [2.45, 2.75) is 38.3 Å². The van der Waals surface area contributed by atoms with Gasteiger partial charge in [-0.25, -0.2) is 8.42 Å². The number of halogens is 1. The van der Waals surface area contributed by atoms with Gasteiger partial charge in [0.05, 0.1) is 11.5 Å². The number of aliphatic hydroxyl groups excluding tert-OH is 1. The molecule has 20 heavy (non-hydrogen) atoms. The lowest BCUT2D eigenvalue weighted by Gasteiger charge is -2.26. The van der Waals surface area contributed by atoms with E-state index in [1.54, 1.807) is 19.1 Å². The molecule has 0 aromatic heterocycles. The van der Waals surface area contributed by atoms with E-state index in [-0.39, 0.29) is 24.1 Å². The molecule has 0 bridgehead atoms. The van der Waals surface area contributed by atoms with Crippen molar-refractivity contribution in [3.8, 4) is 0 Å². The Morgan fingerprint density at radius 3 is 2.50 bits per heavy atom. The van der Waals surface area contributed by atoms with Crippen LogP contribution in [0.1, 0.15) is 25.0 Å². The molecule has 0 atom stereocenters. The van der Waals surface area contributed by atoms with Crippen LogP contribution in [-0.4, -0.2) is 30.4 Å². The van der Waals surface area contributed by atoms with Gasteiger partial charge >= 0.3 is 0 Å². The summed E-state index contributed by atoms with van der Waals surface area (Å²) in [5.74, 6) is 0. The molecule has 0 fully saturated rings. The maximum atomic E-state index is 12.8. The second-order valence-corrected chi connectivity index (χ2v) is 7.53. The highest BCUT2D eigenvalue weighted by molar-refractivity contribution is 9.10. The molecule has 0 radical (unpaired) electrons. The van der Waals surface area contributed by atoms with E-state index in [1.807, 2.05) is 13.8 Å². The van der Waals surface area contributed by atoms with E-state index >= 15 is 0 Å².